The summed E-state index contributed by atoms with van der Waals surface area (Å²) in [7, 11) is 0. The van der Waals surface area contributed by atoms with Gasteiger partial charge in [0.05, 0.1) is 6.61 Å². The van der Waals surface area contributed by atoms with E-state index in [2.05, 4.69) is 111 Å². The normalized spacial score (nSPS) is 12.9. The standard InChI is InChI=1S/C67H116O5/c1-3-5-7-9-11-13-15-17-19-21-23-25-27-29-30-31-32-33-34-35-36-38-40-42-44-46-48-50-52-54-56-58-60-62-67(70)72-65(63-68)64-71-66(69)61-59-57-55-53-51-49-47-45-43-41-39-37-28-26-24-22-20-18-16-14-12-10-8-6-4-2/h5,7,11,13,16-19,22-25,28-30,37,65,68H,3-4,6,8-10,12,14-15,20-21,26-27,31-36,38-64H2,1-2H3/b7-5-,13-11-,18-16-,19-17-,24-22-,25-23-,30-29-,37-28-. The lowest BCUT2D eigenvalue weighted by molar-refractivity contribution is -0.161. The lowest BCUT2D eigenvalue weighted by Gasteiger charge is -2.15. The van der Waals surface area contributed by atoms with E-state index in [1.807, 2.05) is 0 Å². The van der Waals surface area contributed by atoms with Gasteiger partial charge in [0.1, 0.15) is 6.61 Å². The monoisotopic (exact) mass is 1000 g/mol. The molecule has 0 bridgehead atoms. The Morgan fingerprint density at radius 2 is 0.597 bits per heavy atom. The zero-order chi connectivity index (χ0) is 52.0. The highest BCUT2D eigenvalue weighted by atomic mass is 16.6. The average molecular weight is 1000 g/mol. The number of rotatable bonds is 56. The summed E-state index contributed by atoms with van der Waals surface area (Å²) in [6, 6.07) is 0. The second-order valence-electron chi connectivity index (χ2n) is 20.4. The van der Waals surface area contributed by atoms with Gasteiger partial charge in [-0.05, 0) is 96.3 Å². The fourth-order valence-electron chi connectivity index (χ4n) is 8.77. The van der Waals surface area contributed by atoms with Crippen molar-refractivity contribution in [2.45, 2.75) is 302 Å². The van der Waals surface area contributed by atoms with Crippen molar-refractivity contribution < 1.29 is 24.2 Å². The first kappa shape index (κ1) is 68.8. The molecule has 0 aliphatic heterocycles. The van der Waals surface area contributed by atoms with E-state index in [0.717, 1.165) is 83.5 Å². The Hall–Kier alpha value is -3.18. The molecule has 0 amide bonds. The fraction of sp³-hybridized carbons (Fsp3) is 0.731. The Kier molecular flexibility index (Phi) is 59.4. The van der Waals surface area contributed by atoms with Gasteiger partial charge in [-0.15, -0.1) is 0 Å². The van der Waals surface area contributed by atoms with Crippen molar-refractivity contribution in [2.24, 2.45) is 0 Å². The van der Waals surface area contributed by atoms with Gasteiger partial charge in [-0.1, -0.05) is 284 Å². The molecule has 0 radical (unpaired) electrons. The average Bonchev–Trinajstić information content (AvgIpc) is 3.38. The highest BCUT2D eigenvalue weighted by molar-refractivity contribution is 5.70. The summed E-state index contributed by atoms with van der Waals surface area (Å²) in [5, 5.41) is 9.68. The fourth-order valence-corrected chi connectivity index (χ4v) is 8.77. The maximum absolute atomic E-state index is 12.3. The number of unbranched alkanes of at least 4 members (excludes halogenated alkanes) is 32. The van der Waals surface area contributed by atoms with Crippen LogP contribution in [-0.2, 0) is 19.1 Å². The number of ether oxygens (including phenoxy) is 2. The van der Waals surface area contributed by atoms with E-state index in [1.165, 1.54) is 186 Å². The molecule has 0 saturated carbocycles. The van der Waals surface area contributed by atoms with Gasteiger partial charge in [0.2, 0.25) is 0 Å². The summed E-state index contributed by atoms with van der Waals surface area (Å²) >= 11 is 0. The smallest absolute Gasteiger partial charge is 0.306 e. The third-order valence-corrected chi connectivity index (χ3v) is 13.4. The van der Waals surface area contributed by atoms with Gasteiger partial charge >= 0.3 is 11.9 Å². The maximum Gasteiger partial charge on any atom is 0.306 e. The van der Waals surface area contributed by atoms with Crippen LogP contribution >= 0.6 is 0 Å². The number of hydrogen-bond donors (Lipinski definition) is 1. The molecule has 5 heteroatoms. The van der Waals surface area contributed by atoms with Gasteiger partial charge < -0.3 is 14.6 Å². The quantitative estimate of drug-likeness (QED) is 0.0373. The molecule has 0 aliphatic carbocycles. The number of allylic oxidation sites excluding steroid dienone is 16. The van der Waals surface area contributed by atoms with Crippen molar-refractivity contribution in [3.8, 4) is 0 Å². The Labute approximate surface area is 447 Å². The zero-order valence-electron chi connectivity index (χ0n) is 47.4. The van der Waals surface area contributed by atoms with Crippen LogP contribution in [0, 0.1) is 0 Å². The molecule has 72 heavy (non-hydrogen) atoms. The van der Waals surface area contributed by atoms with E-state index < -0.39 is 6.10 Å². The van der Waals surface area contributed by atoms with E-state index in [1.54, 1.807) is 0 Å². The molecule has 5 nitrogen and oxygen atoms in total. The molecule has 0 aromatic carbocycles. The molecule has 414 valence electrons. The van der Waals surface area contributed by atoms with E-state index in [-0.39, 0.29) is 25.2 Å². The third kappa shape index (κ3) is 59.4. The molecule has 0 aromatic rings. The van der Waals surface area contributed by atoms with Crippen molar-refractivity contribution in [1.82, 2.24) is 0 Å². The topological polar surface area (TPSA) is 72.8 Å². The van der Waals surface area contributed by atoms with Gasteiger partial charge in [-0.2, -0.15) is 0 Å². The predicted molar refractivity (Wildman–Crippen MR) is 316 cm³/mol. The van der Waals surface area contributed by atoms with Crippen LogP contribution in [0.2, 0.25) is 0 Å². The third-order valence-electron chi connectivity index (χ3n) is 13.4. The van der Waals surface area contributed by atoms with Crippen molar-refractivity contribution in [1.29, 1.82) is 0 Å². The molecular formula is C67H116O5. The largest absolute Gasteiger partial charge is 0.462 e. The van der Waals surface area contributed by atoms with Crippen LogP contribution in [0.15, 0.2) is 97.2 Å². The van der Waals surface area contributed by atoms with Gasteiger partial charge in [0.15, 0.2) is 6.10 Å². The predicted octanol–water partition coefficient (Wildman–Crippen LogP) is 21.1. The maximum atomic E-state index is 12.3. The number of aliphatic hydroxyl groups is 1. The minimum absolute atomic E-state index is 0.0694. The second kappa shape index (κ2) is 62.1. The van der Waals surface area contributed by atoms with Crippen LogP contribution in [0.25, 0.3) is 0 Å². The van der Waals surface area contributed by atoms with Crippen LogP contribution in [0.1, 0.15) is 296 Å². The molecule has 1 atom stereocenters. The number of aliphatic hydroxyl groups excluding tert-OH is 1. The first-order chi connectivity index (χ1) is 35.6. The van der Waals surface area contributed by atoms with Gasteiger partial charge in [-0.3, -0.25) is 9.59 Å². The summed E-state index contributed by atoms with van der Waals surface area (Å²) in [6.07, 6.45) is 88.2. The zero-order valence-corrected chi connectivity index (χ0v) is 47.4. The SMILES string of the molecule is CC/C=C\C/C=C\C/C=C\C/C=C\C/C=C\CCCCCCCCCCCCCCCCCCCC(=O)OC(CO)COC(=O)CCCCCCCCCCCC/C=C\C/C=C\C/C=C\CCCCCCC. The van der Waals surface area contributed by atoms with Crippen LogP contribution in [-0.4, -0.2) is 36.4 Å². The van der Waals surface area contributed by atoms with Crippen LogP contribution in [0.3, 0.4) is 0 Å². The Morgan fingerprint density at radius 3 is 0.903 bits per heavy atom. The Morgan fingerprint density at radius 1 is 0.333 bits per heavy atom. The van der Waals surface area contributed by atoms with E-state index in [4.69, 9.17) is 9.47 Å². The number of hydrogen-bond acceptors (Lipinski definition) is 5. The number of esters is 2. The lowest BCUT2D eigenvalue weighted by Crippen LogP contribution is -2.28. The minimum atomic E-state index is -0.779. The van der Waals surface area contributed by atoms with Crippen LogP contribution < -0.4 is 0 Å². The van der Waals surface area contributed by atoms with Crippen molar-refractivity contribution in [3.05, 3.63) is 97.2 Å². The Bertz CT molecular complexity index is 1360. The molecule has 0 spiro atoms. The van der Waals surface area contributed by atoms with Gasteiger partial charge in [-0.25, -0.2) is 0 Å². The molecular weight excluding hydrogens is 885 g/mol. The van der Waals surface area contributed by atoms with Crippen molar-refractivity contribution in [2.75, 3.05) is 13.2 Å². The summed E-state index contributed by atoms with van der Waals surface area (Å²) in [6.45, 7) is 4.04. The number of carbonyl (C=O) groups excluding carboxylic acids is 2. The van der Waals surface area contributed by atoms with Crippen molar-refractivity contribution in [3.63, 3.8) is 0 Å². The first-order valence-electron chi connectivity index (χ1n) is 30.8. The Balaban J connectivity index is 3.48. The molecule has 0 heterocycles. The lowest BCUT2D eigenvalue weighted by atomic mass is 10.0. The van der Waals surface area contributed by atoms with Crippen LogP contribution in [0.5, 0.6) is 0 Å². The summed E-state index contributed by atoms with van der Waals surface area (Å²) in [4.78, 5) is 24.6. The van der Waals surface area contributed by atoms with Gasteiger partial charge in [0.25, 0.3) is 0 Å². The van der Waals surface area contributed by atoms with E-state index >= 15 is 0 Å². The molecule has 0 fully saturated rings. The molecule has 0 aliphatic rings. The first-order valence-corrected chi connectivity index (χ1v) is 30.8. The molecule has 1 unspecified atom stereocenters. The molecule has 1 N–H and O–H groups in total. The van der Waals surface area contributed by atoms with Crippen molar-refractivity contribution >= 4 is 11.9 Å². The van der Waals surface area contributed by atoms with E-state index in [9.17, 15) is 14.7 Å². The summed E-state index contributed by atoms with van der Waals surface area (Å²) in [5.41, 5.74) is 0. The molecule has 0 saturated heterocycles. The highest BCUT2D eigenvalue weighted by Gasteiger charge is 2.16. The second-order valence-corrected chi connectivity index (χ2v) is 20.4. The van der Waals surface area contributed by atoms with E-state index in [0.29, 0.717) is 12.8 Å². The minimum Gasteiger partial charge on any atom is -0.462 e. The summed E-state index contributed by atoms with van der Waals surface area (Å²) in [5.74, 6) is -0.588. The van der Waals surface area contributed by atoms with Gasteiger partial charge in [0, 0.05) is 12.8 Å². The highest BCUT2D eigenvalue weighted by Crippen LogP contribution is 2.16. The molecule has 0 rings (SSSR count). The molecule has 0 aromatic heterocycles. The number of carbonyl (C=O) groups is 2. The summed E-state index contributed by atoms with van der Waals surface area (Å²) < 4.78 is 10.7. The van der Waals surface area contributed by atoms with Crippen LogP contribution in [0.4, 0.5) is 0 Å².